The summed E-state index contributed by atoms with van der Waals surface area (Å²) in [6.45, 7) is 1.11. The molecule has 9 nitrogen and oxygen atoms in total. The molecule has 1 amide bonds. The number of halogens is 4. The summed E-state index contributed by atoms with van der Waals surface area (Å²) < 4.78 is 60.7. The summed E-state index contributed by atoms with van der Waals surface area (Å²) in [5.74, 6) is -2.76. The average Bonchev–Trinajstić information content (AvgIpc) is 3.36. The van der Waals surface area contributed by atoms with E-state index in [9.17, 15) is 22.4 Å². The number of aromatic nitrogens is 5. The number of nitrogens with zero attached hydrogens (tertiary/aromatic N) is 4. The molecular formula is C28H23F4N7O2. The second-order valence-electron chi connectivity index (χ2n) is 9.14. The molecule has 0 saturated carbocycles. The van der Waals surface area contributed by atoms with Crippen molar-refractivity contribution in [3.63, 3.8) is 0 Å². The fourth-order valence-corrected chi connectivity index (χ4v) is 4.38. The highest BCUT2D eigenvalue weighted by Crippen LogP contribution is 2.43. The third kappa shape index (κ3) is 5.38. The molecule has 13 heteroatoms. The summed E-state index contributed by atoms with van der Waals surface area (Å²) in [5, 5.41) is 9.80. The fourth-order valence-electron chi connectivity index (χ4n) is 4.38. The first-order valence-corrected chi connectivity index (χ1v) is 12.3. The molecule has 3 aromatic heterocycles. The van der Waals surface area contributed by atoms with Gasteiger partial charge < -0.3 is 15.8 Å². The predicted molar refractivity (Wildman–Crippen MR) is 143 cm³/mol. The maximum absolute atomic E-state index is 14.0. The van der Waals surface area contributed by atoms with Crippen molar-refractivity contribution in [3.8, 4) is 28.4 Å². The Hall–Kier alpha value is -5.07. The minimum atomic E-state index is -4.60. The molecule has 0 aliphatic heterocycles. The van der Waals surface area contributed by atoms with E-state index in [1.165, 1.54) is 31.6 Å². The number of methoxy groups -OCH3 is 1. The van der Waals surface area contributed by atoms with E-state index in [0.29, 0.717) is 16.5 Å². The van der Waals surface area contributed by atoms with Crippen molar-refractivity contribution in [2.45, 2.75) is 25.6 Å². The Bertz CT molecular complexity index is 1720. The van der Waals surface area contributed by atoms with Gasteiger partial charge in [-0.15, -0.1) is 0 Å². The predicted octanol–water partition coefficient (Wildman–Crippen LogP) is 5.41. The first-order chi connectivity index (χ1) is 19.6. The lowest BCUT2D eigenvalue weighted by Gasteiger charge is -2.20. The molecular weight excluding hydrogens is 542 g/mol. The van der Waals surface area contributed by atoms with Crippen LogP contribution in [0.15, 0.2) is 60.9 Å². The van der Waals surface area contributed by atoms with Gasteiger partial charge in [-0.25, -0.2) is 14.4 Å². The van der Waals surface area contributed by atoms with E-state index in [2.05, 4.69) is 30.5 Å². The smallest absolute Gasteiger partial charge is 0.397 e. The first kappa shape index (κ1) is 27.5. The van der Waals surface area contributed by atoms with E-state index >= 15 is 0 Å². The van der Waals surface area contributed by atoms with Crippen LogP contribution in [0.2, 0.25) is 0 Å². The van der Waals surface area contributed by atoms with Gasteiger partial charge in [0.05, 0.1) is 46.4 Å². The number of aromatic amines is 1. The van der Waals surface area contributed by atoms with Crippen LogP contribution in [-0.2, 0) is 6.54 Å². The molecule has 210 valence electrons. The molecule has 4 N–H and O–H groups in total. The molecule has 0 aliphatic rings. The number of alkyl halides is 3. The molecule has 0 saturated heterocycles. The van der Waals surface area contributed by atoms with Gasteiger partial charge in [0.2, 0.25) is 0 Å². The highest BCUT2D eigenvalue weighted by atomic mass is 19.4. The van der Waals surface area contributed by atoms with E-state index < -0.39 is 23.8 Å². The lowest BCUT2D eigenvalue weighted by atomic mass is 9.95. The highest BCUT2D eigenvalue weighted by Gasteiger charge is 2.41. The van der Waals surface area contributed by atoms with Gasteiger partial charge in [0.1, 0.15) is 11.6 Å². The topological polar surface area (TPSA) is 132 Å². The normalized spacial score (nSPS) is 12.3. The van der Waals surface area contributed by atoms with Gasteiger partial charge in [-0.3, -0.25) is 14.9 Å². The molecule has 0 bridgehead atoms. The number of anilines is 1. The molecule has 5 rings (SSSR count). The van der Waals surface area contributed by atoms with E-state index in [1.807, 2.05) is 0 Å². The number of benzene rings is 2. The standard InChI is InChI=1S/C28H23F4N7O2/c1-14(28(30,31)32)22-21(26-34-10-3-11-35-26)24-20(25(33)39-38-24)23(37-22)16-6-4-15(5-7-16)13-36-27(40)18-12-17(29)8-9-19(18)41-2/h3-12,14H,13H2,1-2H3,(H,36,40)(H3,33,38,39). The van der Waals surface area contributed by atoms with Crippen molar-refractivity contribution in [2.75, 3.05) is 12.8 Å². The van der Waals surface area contributed by atoms with Crippen molar-refractivity contribution in [3.05, 3.63) is 83.6 Å². The van der Waals surface area contributed by atoms with Crippen LogP contribution < -0.4 is 15.8 Å². The molecule has 1 unspecified atom stereocenters. The number of carbonyl (C=O) groups excluding carboxylic acids is 1. The maximum Gasteiger partial charge on any atom is 0.397 e. The minimum Gasteiger partial charge on any atom is -0.496 e. The van der Waals surface area contributed by atoms with E-state index in [-0.39, 0.29) is 52.0 Å². The Morgan fingerprint density at radius 3 is 2.49 bits per heavy atom. The number of nitrogen functional groups attached to an aromatic ring is 1. The number of pyridine rings is 1. The van der Waals surface area contributed by atoms with Gasteiger partial charge in [-0.05, 0) is 36.8 Å². The Labute approximate surface area is 230 Å². The number of hydrogen-bond donors (Lipinski definition) is 3. The van der Waals surface area contributed by atoms with Crippen molar-refractivity contribution in [1.82, 2.24) is 30.5 Å². The number of ether oxygens (including phenoxy) is 1. The van der Waals surface area contributed by atoms with Crippen LogP contribution >= 0.6 is 0 Å². The van der Waals surface area contributed by atoms with Gasteiger partial charge in [-0.1, -0.05) is 24.3 Å². The molecule has 0 spiro atoms. The number of nitrogens with two attached hydrogens (primary N) is 1. The fraction of sp³-hybridized carbons (Fsp3) is 0.179. The molecule has 2 aromatic carbocycles. The number of nitrogens with one attached hydrogen (secondary N) is 2. The van der Waals surface area contributed by atoms with Crippen LogP contribution in [0.3, 0.4) is 0 Å². The van der Waals surface area contributed by atoms with Crippen LogP contribution in [0.5, 0.6) is 5.75 Å². The SMILES string of the molecule is COc1ccc(F)cc1C(=O)NCc1ccc(-c2nc(C(C)C(F)(F)F)c(-c3ncccn3)c3[nH]nc(N)c23)cc1. The monoisotopic (exact) mass is 565 g/mol. The van der Waals surface area contributed by atoms with Gasteiger partial charge >= 0.3 is 6.18 Å². The lowest BCUT2D eigenvalue weighted by molar-refractivity contribution is -0.146. The van der Waals surface area contributed by atoms with Gasteiger partial charge in [-0.2, -0.15) is 18.3 Å². The minimum absolute atomic E-state index is 0.0416. The van der Waals surface area contributed by atoms with Gasteiger partial charge in [0, 0.05) is 24.5 Å². The van der Waals surface area contributed by atoms with E-state index in [4.69, 9.17) is 10.5 Å². The van der Waals surface area contributed by atoms with Crippen LogP contribution in [0.1, 0.15) is 34.5 Å². The molecule has 1 atom stereocenters. The molecule has 3 heterocycles. The largest absolute Gasteiger partial charge is 0.496 e. The van der Waals surface area contributed by atoms with Crippen LogP contribution in [0.4, 0.5) is 23.4 Å². The summed E-state index contributed by atoms with van der Waals surface area (Å²) in [6, 6.07) is 11.8. The van der Waals surface area contributed by atoms with Crippen molar-refractivity contribution < 1.29 is 27.1 Å². The number of hydrogen-bond acceptors (Lipinski definition) is 7. The first-order valence-electron chi connectivity index (χ1n) is 12.3. The maximum atomic E-state index is 14.0. The molecule has 0 aliphatic carbocycles. The number of fused-ring (bicyclic) bond motifs is 1. The van der Waals surface area contributed by atoms with Crippen LogP contribution in [-0.4, -0.2) is 44.3 Å². The summed E-state index contributed by atoms with van der Waals surface area (Å²) in [6.07, 6.45) is -1.75. The Morgan fingerprint density at radius 2 is 1.83 bits per heavy atom. The summed E-state index contributed by atoms with van der Waals surface area (Å²) in [4.78, 5) is 25.4. The average molecular weight is 566 g/mol. The third-order valence-electron chi connectivity index (χ3n) is 6.55. The number of H-pyrrole nitrogens is 1. The molecule has 0 radical (unpaired) electrons. The molecule has 5 aromatic rings. The van der Waals surface area contributed by atoms with Crippen molar-refractivity contribution in [2.24, 2.45) is 0 Å². The van der Waals surface area contributed by atoms with Crippen LogP contribution in [0, 0.1) is 5.82 Å². The van der Waals surface area contributed by atoms with Crippen LogP contribution in [0.25, 0.3) is 33.5 Å². The third-order valence-corrected chi connectivity index (χ3v) is 6.55. The number of carbonyl (C=O) groups is 1. The van der Waals surface area contributed by atoms with E-state index in [0.717, 1.165) is 13.0 Å². The molecule has 41 heavy (non-hydrogen) atoms. The van der Waals surface area contributed by atoms with Crippen molar-refractivity contribution in [1.29, 1.82) is 0 Å². The number of rotatable bonds is 7. The summed E-state index contributed by atoms with van der Waals surface area (Å²) >= 11 is 0. The quantitative estimate of drug-likeness (QED) is 0.225. The second kappa shape index (κ2) is 10.8. The molecule has 0 fully saturated rings. The van der Waals surface area contributed by atoms with Gasteiger partial charge in [0.15, 0.2) is 11.6 Å². The zero-order valence-corrected chi connectivity index (χ0v) is 21.8. The lowest BCUT2D eigenvalue weighted by Crippen LogP contribution is -2.23. The summed E-state index contributed by atoms with van der Waals surface area (Å²) in [7, 11) is 1.38. The Kier molecular flexibility index (Phi) is 7.26. The number of amides is 1. The zero-order chi connectivity index (χ0) is 29.3. The highest BCUT2D eigenvalue weighted by molar-refractivity contribution is 6.06. The van der Waals surface area contributed by atoms with Crippen molar-refractivity contribution >= 4 is 22.6 Å². The summed E-state index contributed by atoms with van der Waals surface area (Å²) in [5.41, 5.74) is 7.53. The Morgan fingerprint density at radius 1 is 1.12 bits per heavy atom. The van der Waals surface area contributed by atoms with Gasteiger partial charge in [0.25, 0.3) is 5.91 Å². The zero-order valence-electron chi connectivity index (χ0n) is 21.8. The Balaban J connectivity index is 1.52. The second-order valence-corrected chi connectivity index (χ2v) is 9.14. The van der Waals surface area contributed by atoms with E-state index in [1.54, 1.807) is 30.3 Å².